The second-order valence-corrected chi connectivity index (χ2v) is 6.65. The van der Waals surface area contributed by atoms with Crippen LogP contribution in [0.3, 0.4) is 0 Å². The molecule has 1 saturated heterocycles. The van der Waals surface area contributed by atoms with Crippen LogP contribution < -0.4 is 11.1 Å². The molecule has 1 aliphatic carbocycles. The van der Waals surface area contributed by atoms with Crippen molar-refractivity contribution in [2.24, 2.45) is 16.6 Å². The maximum absolute atomic E-state index is 5.90. The molecular formula is C17H34N4O. The summed E-state index contributed by atoms with van der Waals surface area (Å²) in [6, 6.07) is 0. The van der Waals surface area contributed by atoms with Crippen molar-refractivity contribution in [1.29, 1.82) is 0 Å². The van der Waals surface area contributed by atoms with Gasteiger partial charge in [0.05, 0.1) is 13.2 Å². The molecule has 0 aromatic heterocycles. The van der Waals surface area contributed by atoms with E-state index in [2.05, 4.69) is 15.2 Å². The summed E-state index contributed by atoms with van der Waals surface area (Å²) in [5, 5.41) is 3.24. The molecule has 1 heterocycles. The fourth-order valence-electron chi connectivity index (χ4n) is 3.45. The highest BCUT2D eigenvalue weighted by molar-refractivity contribution is 5.77. The number of morpholine rings is 1. The van der Waals surface area contributed by atoms with Gasteiger partial charge >= 0.3 is 0 Å². The summed E-state index contributed by atoms with van der Waals surface area (Å²) in [7, 11) is 0. The number of hydrogen-bond acceptors (Lipinski definition) is 3. The standard InChI is InChI=1S/C17H34N4O/c18-17(19-9-4-3-8-16-6-1-2-7-16)20-10-5-11-21-12-14-22-15-13-21/h16H,1-15H2,(H3,18,19,20). The molecule has 22 heavy (non-hydrogen) atoms. The fourth-order valence-corrected chi connectivity index (χ4v) is 3.45. The Hall–Kier alpha value is -0.810. The first-order valence-electron chi connectivity index (χ1n) is 9.18. The maximum Gasteiger partial charge on any atom is 0.188 e. The van der Waals surface area contributed by atoms with Gasteiger partial charge < -0.3 is 15.8 Å². The number of ether oxygens (including phenoxy) is 1. The van der Waals surface area contributed by atoms with E-state index in [4.69, 9.17) is 10.5 Å². The molecular weight excluding hydrogens is 276 g/mol. The minimum atomic E-state index is 0.614. The molecule has 5 nitrogen and oxygen atoms in total. The van der Waals surface area contributed by atoms with Gasteiger partial charge in [-0.1, -0.05) is 38.5 Å². The predicted molar refractivity (Wildman–Crippen MR) is 92.2 cm³/mol. The molecule has 0 bridgehead atoms. The minimum absolute atomic E-state index is 0.614. The quantitative estimate of drug-likeness (QED) is 0.388. The second-order valence-electron chi connectivity index (χ2n) is 6.65. The van der Waals surface area contributed by atoms with Crippen LogP contribution in [0.1, 0.15) is 51.4 Å². The lowest BCUT2D eigenvalue weighted by Crippen LogP contribution is -2.37. The molecule has 3 N–H and O–H groups in total. The van der Waals surface area contributed by atoms with Crippen LogP contribution >= 0.6 is 0 Å². The van der Waals surface area contributed by atoms with E-state index in [9.17, 15) is 0 Å². The summed E-state index contributed by atoms with van der Waals surface area (Å²) in [6.07, 6.45) is 10.8. The number of nitrogens with zero attached hydrogens (tertiary/aromatic N) is 2. The summed E-state index contributed by atoms with van der Waals surface area (Å²) in [6.45, 7) is 6.73. The largest absolute Gasteiger partial charge is 0.379 e. The lowest BCUT2D eigenvalue weighted by atomic mass is 10.0. The third-order valence-electron chi connectivity index (χ3n) is 4.84. The highest BCUT2D eigenvalue weighted by atomic mass is 16.5. The molecule has 0 radical (unpaired) electrons. The molecule has 5 heteroatoms. The van der Waals surface area contributed by atoms with Gasteiger partial charge in [-0.25, -0.2) is 0 Å². The highest BCUT2D eigenvalue weighted by Crippen LogP contribution is 2.28. The van der Waals surface area contributed by atoms with Gasteiger partial charge in [-0.05, 0) is 18.8 Å². The Bertz CT molecular complexity index is 310. The molecule has 128 valence electrons. The number of nitrogens with two attached hydrogens (primary N) is 1. The zero-order valence-electron chi connectivity index (χ0n) is 14.1. The lowest BCUT2D eigenvalue weighted by molar-refractivity contribution is 0.0377. The van der Waals surface area contributed by atoms with Crippen molar-refractivity contribution in [2.75, 3.05) is 45.9 Å². The zero-order chi connectivity index (χ0) is 15.5. The van der Waals surface area contributed by atoms with E-state index < -0.39 is 0 Å². The third kappa shape index (κ3) is 7.45. The number of hydrogen-bond donors (Lipinski definition) is 2. The minimum Gasteiger partial charge on any atom is -0.379 e. The van der Waals surface area contributed by atoms with E-state index in [1.807, 2.05) is 0 Å². The maximum atomic E-state index is 5.90. The molecule has 0 amide bonds. The van der Waals surface area contributed by atoms with Crippen molar-refractivity contribution in [1.82, 2.24) is 10.2 Å². The fraction of sp³-hybridized carbons (Fsp3) is 0.941. The molecule has 2 rings (SSSR count). The zero-order valence-corrected chi connectivity index (χ0v) is 14.1. The number of nitrogens with one attached hydrogen (secondary N) is 1. The SMILES string of the molecule is NC(=NCCCN1CCOCC1)NCCCCC1CCCC1. The van der Waals surface area contributed by atoms with Crippen molar-refractivity contribution < 1.29 is 4.74 Å². The summed E-state index contributed by atoms with van der Waals surface area (Å²) in [4.78, 5) is 6.85. The van der Waals surface area contributed by atoms with E-state index in [0.29, 0.717) is 5.96 Å². The number of guanidine groups is 1. The van der Waals surface area contributed by atoms with E-state index in [1.165, 1.54) is 44.9 Å². The molecule has 0 atom stereocenters. The van der Waals surface area contributed by atoms with Crippen LogP contribution in [-0.4, -0.2) is 56.8 Å². The molecule has 2 aliphatic rings. The van der Waals surface area contributed by atoms with Crippen LogP contribution in [0, 0.1) is 5.92 Å². The first-order chi connectivity index (χ1) is 10.8. The predicted octanol–water partition coefficient (Wildman–Crippen LogP) is 1.97. The molecule has 0 spiro atoms. The normalized spacial score (nSPS) is 21.4. The second kappa shape index (κ2) is 10.8. The van der Waals surface area contributed by atoms with Crippen LogP contribution in [0.4, 0.5) is 0 Å². The molecule has 1 aliphatic heterocycles. The van der Waals surface area contributed by atoms with Gasteiger partial charge in [0.25, 0.3) is 0 Å². The van der Waals surface area contributed by atoms with E-state index in [-0.39, 0.29) is 0 Å². The van der Waals surface area contributed by atoms with Gasteiger partial charge in [0.1, 0.15) is 0 Å². The van der Waals surface area contributed by atoms with Gasteiger partial charge in [0, 0.05) is 32.7 Å². The summed E-state index contributed by atoms with van der Waals surface area (Å²) in [5.74, 6) is 1.62. The Morgan fingerprint density at radius 3 is 2.68 bits per heavy atom. The Morgan fingerprint density at radius 1 is 1.14 bits per heavy atom. The van der Waals surface area contributed by atoms with Crippen LogP contribution in [0.25, 0.3) is 0 Å². The monoisotopic (exact) mass is 310 g/mol. The topological polar surface area (TPSA) is 62.9 Å². The average molecular weight is 310 g/mol. The molecule has 2 fully saturated rings. The summed E-state index contributed by atoms with van der Waals surface area (Å²) >= 11 is 0. The smallest absolute Gasteiger partial charge is 0.188 e. The van der Waals surface area contributed by atoms with Crippen molar-refractivity contribution in [3.05, 3.63) is 0 Å². The summed E-state index contributed by atoms with van der Waals surface area (Å²) in [5.41, 5.74) is 5.90. The Labute approximate surface area is 135 Å². The van der Waals surface area contributed by atoms with Crippen LogP contribution in [0.15, 0.2) is 4.99 Å². The average Bonchev–Trinajstić information content (AvgIpc) is 3.06. The van der Waals surface area contributed by atoms with Gasteiger partial charge in [-0.2, -0.15) is 0 Å². The Kier molecular flexibility index (Phi) is 8.64. The highest BCUT2D eigenvalue weighted by Gasteiger charge is 2.13. The van der Waals surface area contributed by atoms with E-state index in [1.54, 1.807) is 0 Å². The van der Waals surface area contributed by atoms with E-state index in [0.717, 1.165) is 58.3 Å². The van der Waals surface area contributed by atoms with Crippen molar-refractivity contribution in [2.45, 2.75) is 51.4 Å². The molecule has 0 unspecified atom stereocenters. The Balaban J connectivity index is 1.41. The number of unbranched alkanes of at least 4 members (excludes halogenated alkanes) is 1. The van der Waals surface area contributed by atoms with Crippen LogP contribution in [0.5, 0.6) is 0 Å². The number of aliphatic imine (C=N–C) groups is 1. The van der Waals surface area contributed by atoms with Gasteiger partial charge in [-0.3, -0.25) is 9.89 Å². The van der Waals surface area contributed by atoms with Crippen molar-refractivity contribution in [3.8, 4) is 0 Å². The van der Waals surface area contributed by atoms with Gasteiger partial charge in [0.2, 0.25) is 0 Å². The van der Waals surface area contributed by atoms with Gasteiger partial charge in [-0.15, -0.1) is 0 Å². The van der Waals surface area contributed by atoms with Crippen LogP contribution in [0.2, 0.25) is 0 Å². The Morgan fingerprint density at radius 2 is 1.91 bits per heavy atom. The molecule has 0 aromatic rings. The first kappa shape index (κ1) is 17.5. The van der Waals surface area contributed by atoms with Crippen molar-refractivity contribution >= 4 is 5.96 Å². The molecule has 1 saturated carbocycles. The molecule has 0 aromatic carbocycles. The lowest BCUT2D eigenvalue weighted by Gasteiger charge is -2.26. The first-order valence-corrected chi connectivity index (χ1v) is 9.18. The van der Waals surface area contributed by atoms with Crippen LogP contribution in [-0.2, 0) is 4.74 Å². The third-order valence-corrected chi connectivity index (χ3v) is 4.84. The van der Waals surface area contributed by atoms with Crippen molar-refractivity contribution in [3.63, 3.8) is 0 Å². The summed E-state index contributed by atoms with van der Waals surface area (Å²) < 4.78 is 5.34. The number of rotatable bonds is 9. The van der Waals surface area contributed by atoms with Gasteiger partial charge in [0.15, 0.2) is 5.96 Å². The van der Waals surface area contributed by atoms with E-state index >= 15 is 0 Å².